The molecule has 2 heteroatoms. The topological polar surface area (TPSA) is 21.6 Å². The maximum Gasteiger partial charge on any atom is 0.147 e. The van der Waals surface area contributed by atoms with Crippen LogP contribution in [-0.2, 0) is 4.74 Å². The Morgan fingerprint density at radius 3 is 3.17 bits per heavy atom. The fourth-order valence-corrected chi connectivity index (χ4v) is 1.97. The minimum absolute atomic E-state index is 0.141. The molecule has 0 saturated heterocycles. The van der Waals surface area contributed by atoms with Crippen molar-refractivity contribution in [2.75, 3.05) is 7.11 Å². The summed E-state index contributed by atoms with van der Waals surface area (Å²) < 4.78 is 5.23. The molecule has 2 aliphatic rings. The molecule has 1 aliphatic heterocycles. The second-order valence-electron chi connectivity index (χ2n) is 3.50. The molecule has 1 aliphatic carbocycles. The number of nitrogens with zero attached hydrogens (tertiary/aromatic N) is 1. The number of hydrogen-bond acceptors (Lipinski definition) is 2. The largest absolute Gasteiger partial charge is 0.360 e. The first-order valence-electron chi connectivity index (χ1n) is 4.64. The van der Waals surface area contributed by atoms with Crippen LogP contribution in [0.5, 0.6) is 0 Å². The third-order valence-electron chi connectivity index (χ3n) is 2.73. The predicted molar refractivity (Wildman–Crippen MR) is 49.3 cm³/mol. The molecule has 0 aromatic carbocycles. The normalized spacial score (nSPS) is 34.2. The second-order valence-corrected chi connectivity index (χ2v) is 3.50. The lowest BCUT2D eigenvalue weighted by molar-refractivity contribution is 0.0924. The maximum atomic E-state index is 5.23. The minimum atomic E-state index is 0.141. The number of hydrogen-bond donors (Lipinski definition) is 0. The molecule has 2 atom stereocenters. The number of rotatable bonds is 1. The molecule has 0 bridgehead atoms. The molecular formula is C10H15NO. The molecule has 2 unspecified atom stereocenters. The van der Waals surface area contributed by atoms with E-state index in [1.54, 1.807) is 7.11 Å². The van der Waals surface area contributed by atoms with E-state index in [1.165, 1.54) is 18.6 Å². The van der Waals surface area contributed by atoms with Gasteiger partial charge in [0, 0.05) is 25.2 Å². The van der Waals surface area contributed by atoms with Crippen LogP contribution >= 0.6 is 0 Å². The number of allylic oxidation sites excluding steroid dienone is 2. The predicted octanol–water partition coefficient (Wildman–Crippen LogP) is 2.16. The van der Waals surface area contributed by atoms with Gasteiger partial charge in [-0.3, -0.25) is 4.99 Å². The minimum Gasteiger partial charge on any atom is -0.360 e. The van der Waals surface area contributed by atoms with Crippen LogP contribution in [0.2, 0.25) is 0 Å². The molecule has 0 amide bonds. The molecule has 2 nitrogen and oxygen atoms in total. The molecule has 0 radical (unpaired) electrons. The Morgan fingerprint density at radius 1 is 1.42 bits per heavy atom. The van der Waals surface area contributed by atoms with Crippen molar-refractivity contribution in [1.29, 1.82) is 0 Å². The molecule has 0 spiro atoms. The fraction of sp³-hybridized carbons (Fsp3) is 0.700. The van der Waals surface area contributed by atoms with Gasteiger partial charge in [-0.15, -0.1) is 0 Å². The second kappa shape index (κ2) is 3.40. The summed E-state index contributed by atoms with van der Waals surface area (Å²) >= 11 is 0. The van der Waals surface area contributed by atoms with Crippen molar-refractivity contribution in [3.05, 3.63) is 12.2 Å². The highest BCUT2D eigenvalue weighted by molar-refractivity contribution is 5.89. The van der Waals surface area contributed by atoms with Crippen LogP contribution in [0.3, 0.4) is 0 Å². The smallest absolute Gasteiger partial charge is 0.147 e. The van der Waals surface area contributed by atoms with Crippen LogP contribution in [0, 0.1) is 5.92 Å². The lowest BCUT2D eigenvalue weighted by atomic mass is 9.86. The van der Waals surface area contributed by atoms with Gasteiger partial charge >= 0.3 is 0 Å². The van der Waals surface area contributed by atoms with Gasteiger partial charge in [-0.25, -0.2) is 0 Å². The van der Waals surface area contributed by atoms with Crippen LogP contribution in [0.15, 0.2) is 17.1 Å². The number of fused-ring (bicyclic) bond motifs is 1. The van der Waals surface area contributed by atoms with E-state index in [-0.39, 0.29) is 6.23 Å². The van der Waals surface area contributed by atoms with Gasteiger partial charge in [0.2, 0.25) is 0 Å². The van der Waals surface area contributed by atoms with Crippen molar-refractivity contribution in [3.63, 3.8) is 0 Å². The summed E-state index contributed by atoms with van der Waals surface area (Å²) in [5.74, 6) is 0.724. The molecule has 12 heavy (non-hydrogen) atoms. The van der Waals surface area contributed by atoms with Gasteiger partial charge in [-0.1, -0.05) is 12.2 Å². The maximum absolute atomic E-state index is 5.23. The van der Waals surface area contributed by atoms with Gasteiger partial charge in [-0.05, 0) is 19.3 Å². The lowest BCUT2D eigenvalue weighted by Gasteiger charge is -2.28. The van der Waals surface area contributed by atoms with E-state index in [0.717, 1.165) is 18.8 Å². The highest BCUT2D eigenvalue weighted by atomic mass is 16.5. The van der Waals surface area contributed by atoms with Crippen LogP contribution in [0.4, 0.5) is 0 Å². The highest BCUT2D eigenvalue weighted by Gasteiger charge is 2.24. The van der Waals surface area contributed by atoms with Crippen molar-refractivity contribution < 1.29 is 4.74 Å². The third kappa shape index (κ3) is 1.44. The number of aliphatic imine (C=N–C) groups is 1. The standard InChI is InChI=1S/C10H15NO/c1-12-10-7-6-8-4-2-3-5-9(8)11-10/h2-3,8,10H,4-7H2,1H3. The number of methoxy groups -OCH3 is 1. The Morgan fingerprint density at radius 2 is 2.33 bits per heavy atom. The first-order valence-corrected chi connectivity index (χ1v) is 4.64. The van der Waals surface area contributed by atoms with Gasteiger partial charge in [0.1, 0.15) is 6.23 Å². The van der Waals surface area contributed by atoms with E-state index in [2.05, 4.69) is 17.1 Å². The molecule has 0 aromatic heterocycles. The van der Waals surface area contributed by atoms with Gasteiger partial charge in [-0.2, -0.15) is 0 Å². The summed E-state index contributed by atoms with van der Waals surface area (Å²) in [7, 11) is 1.74. The molecule has 0 fully saturated rings. The fourth-order valence-electron chi connectivity index (χ4n) is 1.97. The molecule has 0 N–H and O–H groups in total. The quantitative estimate of drug-likeness (QED) is 0.545. The zero-order valence-electron chi connectivity index (χ0n) is 7.49. The monoisotopic (exact) mass is 165 g/mol. The average Bonchev–Trinajstić information content (AvgIpc) is 2.17. The van der Waals surface area contributed by atoms with E-state index in [1.807, 2.05) is 0 Å². The Balaban J connectivity index is 2.12. The van der Waals surface area contributed by atoms with Gasteiger partial charge < -0.3 is 4.74 Å². The van der Waals surface area contributed by atoms with Crippen molar-refractivity contribution >= 4 is 5.71 Å². The van der Waals surface area contributed by atoms with Crippen LogP contribution < -0.4 is 0 Å². The molecule has 0 aromatic rings. The van der Waals surface area contributed by atoms with Crippen molar-refractivity contribution in [2.45, 2.75) is 31.9 Å². The van der Waals surface area contributed by atoms with E-state index in [0.29, 0.717) is 0 Å². The Bertz CT molecular complexity index is 220. The van der Waals surface area contributed by atoms with Gasteiger partial charge in [0.15, 0.2) is 0 Å². The highest BCUT2D eigenvalue weighted by Crippen LogP contribution is 2.27. The van der Waals surface area contributed by atoms with E-state index < -0.39 is 0 Å². The summed E-state index contributed by atoms with van der Waals surface area (Å²) in [6.07, 6.45) is 9.22. The average molecular weight is 165 g/mol. The van der Waals surface area contributed by atoms with Gasteiger partial charge in [0.05, 0.1) is 0 Å². The Kier molecular flexibility index (Phi) is 2.26. The van der Waals surface area contributed by atoms with Crippen molar-refractivity contribution in [3.8, 4) is 0 Å². The summed E-state index contributed by atoms with van der Waals surface area (Å²) in [4.78, 5) is 4.57. The summed E-state index contributed by atoms with van der Waals surface area (Å²) in [6.45, 7) is 0. The third-order valence-corrected chi connectivity index (χ3v) is 2.73. The summed E-state index contributed by atoms with van der Waals surface area (Å²) in [5, 5.41) is 0. The summed E-state index contributed by atoms with van der Waals surface area (Å²) in [6, 6.07) is 0. The summed E-state index contributed by atoms with van der Waals surface area (Å²) in [5.41, 5.74) is 1.36. The van der Waals surface area contributed by atoms with Crippen molar-refractivity contribution in [1.82, 2.24) is 0 Å². The number of ether oxygens (including phenoxy) is 1. The SMILES string of the molecule is COC1CCC2CC=CCC2=N1. The first-order chi connectivity index (χ1) is 5.90. The van der Waals surface area contributed by atoms with Crippen molar-refractivity contribution in [2.24, 2.45) is 10.9 Å². The Hall–Kier alpha value is -0.630. The zero-order chi connectivity index (χ0) is 8.39. The van der Waals surface area contributed by atoms with Gasteiger partial charge in [0.25, 0.3) is 0 Å². The van der Waals surface area contributed by atoms with Crippen LogP contribution in [-0.4, -0.2) is 19.0 Å². The van der Waals surface area contributed by atoms with E-state index >= 15 is 0 Å². The molecule has 1 heterocycles. The molecular weight excluding hydrogens is 150 g/mol. The molecule has 0 saturated carbocycles. The first kappa shape index (κ1) is 7.99. The Labute approximate surface area is 73.3 Å². The lowest BCUT2D eigenvalue weighted by Crippen LogP contribution is -2.26. The van der Waals surface area contributed by atoms with Crippen LogP contribution in [0.25, 0.3) is 0 Å². The van der Waals surface area contributed by atoms with Crippen LogP contribution in [0.1, 0.15) is 25.7 Å². The van der Waals surface area contributed by atoms with E-state index in [4.69, 9.17) is 4.74 Å². The zero-order valence-corrected chi connectivity index (χ0v) is 7.49. The van der Waals surface area contributed by atoms with E-state index in [9.17, 15) is 0 Å². The molecule has 2 rings (SSSR count). The molecule has 66 valence electrons.